The van der Waals surface area contributed by atoms with Crippen LogP contribution in [-0.2, 0) is 14.6 Å². The van der Waals surface area contributed by atoms with Crippen LogP contribution in [0.25, 0.3) is 0 Å². The maximum atomic E-state index is 12.1. The van der Waals surface area contributed by atoms with E-state index < -0.39 is 21.7 Å². The standard InChI is InChI=1S/C17H25NO4S/c1-2-12-23(21,22)13-16(19)18-10-8-15(9-11-18)17(20)14-6-4-3-5-7-14/h3-7,15,17,20H,2,8-13H2,1H3. The first-order valence-electron chi connectivity index (χ1n) is 8.14. The Balaban J connectivity index is 1.87. The third kappa shape index (κ3) is 5.04. The molecule has 0 bridgehead atoms. The van der Waals surface area contributed by atoms with Crippen molar-refractivity contribution in [3.05, 3.63) is 35.9 Å². The topological polar surface area (TPSA) is 74.7 Å². The van der Waals surface area contributed by atoms with Crippen molar-refractivity contribution in [2.45, 2.75) is 32.3 Å². The Morgan fingerprint density at radius 3 is 2.43 bits per heavy atom. The summed E-state index contributed by atoms with van der Waals surface area (Å²) in [5.74, 6) is -0.547. The van der Waals surface area contributed by atoms with Crippen molar-refractivity contribution in [1.82, 2.24) is 4.90 Å². The van der Waals surface area contributed by atoms with E-state index in [1.165, 1.54) is 0 Å². The Labute approximate surface area is 138 Å². The average molecular weight is 339 g/mol. The Morgan fingerprint density at radius 1 is 1.26 bits per heavy atom. The van der Waals surface area contributed by atoms with Crippen molar-refractivity contribution in [2.24, 2.45) is 5.92 Å². The summed E-state index contributed by atoms with van der Waals surface area (Å²) in [6.45, 7) is 2.81. The molecule has 1 amide bonds. The van der Waals surface area contributed by atoms with Crippen LogP contribution in [0, 0.1) is 5.92 Å². The monoisotopic (exact) mass is 339 g/mol. The summed E-state index contributed by atoms with van der Waals surface area (Å²) in [5, 5.41) is 10.4. The molecule has 1 unspecified atom stereocenters. The van der Waals surface area contributed by atoms with Gasteiger partial charge in [-0.15, -0.1) is 0 Å². The number of carbonyl (C=O) groups excluding carboxylic acids is 1. The molecule has 128 valence electrons. The van der Waals surface area contributed by atoms with Gasteiger partial charge in [0.15, 0.2) is 9.84 Å². The predicted octanol–water partition coefficient (Wildman–Crippen LogP) is 1.78. The molecule has 1 fully saturated rings. The van der Waals surface area contributed by atoms with Gasteiger partial charge in [0.05, 0.1) is 11.9 Å². The predicted molar refractivity (Wildman–Crippen MR) is 89.7 cm³/mol. The number of amides is 1. The fourth-order valence-electron chi connectivity index (χ4n) is 3.05. The molecule has 1 atom stereocenters. The van der Waals surface area contributed by atoms with Crippen molar-refractivity contribution in [3.63, 3.8) is 0 Å². The summed E-state index contributed by atoms with van der Waals surface area (Å²) < 4.78 is 23.5. The van der Waals surface area contributed by atoms with Gasteiger partial charge in [-0.3, -0.25) is 4.79 Å². The number of nitrogens with zero attached hydrogens (tertiary/aromatic N) is 1. The molecular weight excluding hydrogens is 314 g/mol. The number of aliphatic hydroxyl groups excluding tert-OH is 1. The van der Waals surface area contributed by atoms with Gasteiger partial charge in [-0.2, -0.15) is 0 Å². The average Bonchev–Trinajstić information content (AvgIpc) is 2.54. The highest BCUT2D eigenvalue weighted by atomic mass is 32.2. The van der Waals surface area contributed by atoms with E-state index in [4.69, 9.17) is 0 Å². The maximum Gasteiger partial charge on any atom is 0.237 e. The third-order valence-electron chi connectivity index (χ3n) is 4.34. The van der Waals surface area contributed by atoms with Gasteiger partial charge in [-0.1, -0.05) is 37.3 Å². The lowest BCUT2D eigenvalue weighted by molar-refractivity contribution is -0.130. The second-order valence-corrected chi connectivity index (χ2v) is 8.35. The van der Waals surface area contributed by atoms with E-state index in [0.29, 0.717) is 32.4 Å². The molecule has 5 nitrogen and oxygen atoms in total. The summed E-state index contributed by atoms with van der Waals surface area (Å²) in [6, 6.07) is 9.51. The van der Waals surface area contributed by atoms with E-state index in [1.807, 2.05) is 30.3 Å². The molecule has 0 spiro atoms. The van der Waals surface area contributed by atoms with Gasteiger partial charge in [0.25, 0.3) is 0 Å². The number of likely N-dealkylation sites (tertiary alicyclic amines) is 1. The van der Waals surface area contributed by atoms with Crippen molar-refractivity contribution in [3.8, 4) is 0 Å². The number of hydrogen-bond donors (Lipinski definition) is 1. The van der Waals surface area contributed by atoms with E-state index in [9.17, 15) is 18.3 Å². The van der Waals surface area contributed by atoms with Crippen molar-refractivity contribution in [2.75, 3.05) is 24.6 Å². The number of carbonyl (C=O) groups is 1. The smallest absolute Gasteiger partial charge is 0.237 e. The summed E-state index contributed by atoms with van der Waals surface area (Å²) >= 11 is 0. The number of piperidine rings is 1. The zero-order valence-corrected chi connectivity index (χ0v) is 14.3. The minimum absolute atomic E-state index is 0.0575. The van der Waals surface area contributed by atoms with Crippen LogP contribution in [0.4, 0.5) is 0 Å². The van der Waals surface area contributed by atoms with Gasteiger partial charge in [-0.05, 0) is 30.7 Å². The van der Waals surface area contributed by atoms with Gasteiger partial charge < -0.3 is 10.0 Å². The normalized spacial score (nSPS) is 17.9. The summed E-state index contributed by atoms with van der Waals surface area (Å²) in [7, 11) is -3.29. The number of aliphatic hydroxyl groups is 1. The van der Waals surface area contributed by atoms with Gasteiger partial charge in [0, 0.05) is 13.1 Å². The third-order valence-corrected chi connectivity index (χ3v) is 6.06. The quantitative estimate of drug-likeness (QED) is 0.857. The largest absolute Gasteiger partial charge is 0.388 e. The second kappa shape index (κ2) is 7.93. The fraction of sp³-hybridized carbons (Fsp3) is 0.588. The first-order chi connectivity index (χ1) is 10.9. The van der Waals surface area contributed by atoms with E-state index in [-0.39, 0.29) is 17.6 Å². The number of sulfone groups is 1. The van der Waals surface area contributed by atoms with E-state index in [0.717, 1.165) is 5.56 Å². The van der Waals surface area contributed by atoms with Crippen LogP contribution >= 0.6 is 0 Å². The molecule has 1 heterocycles. The molecule has 23 heavy (non-hydrogen) atoms. The highest BCUT2D eigenvalue weighted by Crippen LogP contribution is 2.30. The van der Waals surface area contributed by atoms with Crippen molar-refractivity contribution >= 4 is 15.7 Å². The van der Waals surface area contributed by atoms with E-state index in [1.54, 1.807) is 11.8 Å². The Bertz CT molecular complexity index is 607. The fourth-order valence-corrected chi connectivity index (χ4v) is 4.37. The lowest BCUT2D eigenvalue weighted by atomic mass is 9.87. The highest BCUT2D eigenvalue weighted by Gasteiger charge is 2.29. The van der Waals surface area contributed by atoms with Crippen molar-refractivity contribution < 1.29 is 18.3 Å². The molecule has 0 aliphatic carbocycles. The molecule has 1 saturated heterocycles. The molecule has 2 rings (SSSR count). The number of rotatable bonds is 6. The summed E-state index contributed by atoms with van der Waals surface area (Å²) in [5.41, 5.74) is 0.891. The summed E-state index contributed by atoms with van der Waals surface area (Å²) in [4.78, 5) is 13.7. The second-order valence-electron chi connectivity index (χ2n) is 6.17. The molecule has 0 saturated carbocycles. The van der Waals surface area contributed by atoms with E-state index >= 15 is 0 Å². The van der Waals surface area contributed by atoms with Crippen LogP contribution in [0.3, 0.4) is 0 Å². The molecule has 1 aromatic carbocycles. The van der Waals surface area contributed by atoms with Gasteiger partial charge in [0.1, 0.15) is 5.75 Å². The highest BCUT2D eigenvalue weighted by molar-refractivity contribution is 7.92. The Kier molecular flexibility index (Phi) is 6.18. The molecule has 1 N–H and O–H groups in total. The lowest BCUT2D eigenvalue weighted by Crippen LogP contribution is -2.42. The van der Waals surface area contributed by atoms with Crippen LogP contribution in [0.15, 0.2) is 30.3 Å². The van der Waals surface area contributed by atoms with Crippen LogP contribution in [-0.4, -0.2) is 48.9 Å². The van der Waals surface area contributed by atoms with E-state index in [2.05, 4.69) is 0 Å². The van der Waals surface area contributed by atoms with Crippen LogP contribution < -0.4 is 0 Å². The van der Waals surface area contributed by atoms with Crippen LogP contribution in [0.1, 0.15) is 37.9 Å². The van der Waals surface area contributed by atoms with Gasteiger partial charge in [0.2, 0.25) is 5.91 Å². The molecule has 0 aromatic heterocycles. The van der Waals surface area contributed by atoms with Crippen LogP contribution in [0.5, 0.6) is 0 Å². The van der Waals surface area contributed by atoms with Crippen molar-refractivity contribution in [1.29, 1.82) is 0 Å². The molecule has 0 radical (unpaired) electrons. The number of benzene rings is 1. The lowest BCUT2D eigenvalue weighted by Gasteiger charge is -2.34. The minimum atomic E-state index is -3.29. The summed E-state index contributed by atoms with van der Waals surface area (Å²) in [6.07, 6.45) is 1.38. The Morgan fingerprint density at radius 2 is 1.87 bits per heavy atom. The molecule has 1 aliphatic rings. The Hall–Kier alpha value is -1.40. The zero-order valence-electron chi connectivity index (χ0n) is 13.5. The number of hydrogen-bond acceptors (Lipinski definition) is 4. The maximum absolute atomic E-state index is 12.1. The SMILES string of the molecule is CCCS(=O)(=O)CC(=O)N1CCC(C(O)c2ccccc2)CC1. The van der Waals surface area contributed by atoms with Gasteiger partial charge in [-0.25, -0.2) is 8.42 Å². The van der Waals surface area contributed by atoms with Gasteiger partial charge >= 0.3 is 0 Å². The molecular formula is C17H25NO4S. The molecule has 1 aliphatic heterocycles. The zero-order chi connectivity index (χ0) is 16.9. The first kappa shape index (κ1) is 17.9. The molecule has 1 aromatic rings. The van der Waals surface area contributed by atoms with Crippen LogP contribution in [0.2, 0.25) is 0 Å². The molecule has 6 heteroatoms. The minimum Gasteiger partial charge on any atom is -0.388 e. The first-order valence-corrected chi connectivity index (χ1v) is 9.96.